The molecule has 8 aromatic rings. The fourth-order valence-corrected chi connectivity index (χ4v) is 15.8. The van der Waals surface area contributed by atoms with Crippen LogP contribution in [0.3, 0.4) is 0 Å². The first-order chi connectivity index (χ1) is 29.1. The Morgan fingerprint density at radius 2 is 0.917 bits per heavy atom. The molecule has 1 spiro atoms. The Balaban J connectivity index is 1.24. The number of alkyl halides is 4. The summed E-state index contributed by atoms with van der Waals surface area (Å²) >= 11 is 0. The van der Waals surface area contributed by atoms with Gasteiger partial charge in [0.15, 0.2) is 11.3 Å². The van der Waals surface area contributed by atoms with Crippen LogP contribution in [0.25, 0.3) is 71.5 Å². The Kier molecular flexibility index (Phi) is 5.80. The highest BCUT2D eigenvalue weighted by molar-refractivity contribution is 6.34. The number of nitrogens with zero attached hydrogens (tertiary/aromatic N) is 3. The predicted molar refractivity (Wildman–Crippen MR) is 227 cm³/mol. The molecule has 8 aliphatic rings. The summed E-state index contributed by atoms with van der Waals surface area (Å²) in [6, 6.07) is 30.9. The van der Waals surface area contributed by atoms with Gasteiger partial charge in [0.05, 0.1) is 40.3 Å². The maximum atomic E-state index is 18.7. The van der Waals surface area contributed by atoms with E-state index in [2.05, 4.69) is 40.8 Å². The minimum Gasteiger partial charge on any atom is -0.305 e. The molecule has 4 aromatic carbocycles. The highest BCUT2D eigenvalue weighted by Crippen LogP contribution is 2.80. The lowest BCUT2D eigenvalue weighted by Gasteiger charge is -2.48. The summed E-state index contributed by atoms with van der Waals surface area (Å²) in [6.07, 6.45) is 7.79. The van der Waals surface area contributed by atoms with Crippen molar-refractivity contribution in [3.63, 3.8) is 0 Å². The minimum absolute atomic E-state index is 0.0584. The topological polar surface area (TPSA) is 30.2 Å². The van der Waals surface area contributed by atoms with E-state index in [4.69, 9.17) is 9.97 Å². The molecule has 7 heteroatoms. The molecule has 8 aliphatic carbocycles. The van der Waals surface area contributed by atoms with Crippen molar-refractivity contribution in [2.75, 3.05) is 0 Å². The van der Waals surface area contributed by atoms with Gasteiger partial charge >= 0.3 is 0 Å². The van der Waals surface area contributed by atoms with Gasteiger partial charge in [0.2, 0.25) is 0 Å². The van der Waals surface area contributed by atoms with E-state index in [-0.39, 0.29) is 66.2 Å². The summed E-state index contributed by atoms with van der Waals surface area (Å²) in [5.74, 6) is 0.225. The van der Waals surface area contributed by atoms with Gasteiger partial charge in [-0.1, -0.05) is 91.0 Å². The summed E-state index contributed by atoms with van der Waals surface area (Å²) in [6.45, 7) is 0. The predicted octanol–water partition coefficient (Wildman–Crippen LogP) is 13.7. The van der Waals surface area contributed by atoms with E-state index in [0.29, 0.717) is 58.6 Å². The highest BCUT2D eigenvalue weighted by atomic mass is 19.2. The number of hydrogen-bond donors (Lipinski definition) is 0. The van der Waals surface area contributed by atoms with Crippen LogP contribution in [0.4, 0.5) is 17.6 Å². The number of halogens is 4. The van der Waals surface area contributed by atoms with E-state index in [0.717, 1.165) is 62.5 Å². The largest absolute Gasteiger partial charge is 0.305 e. The summed E-state index contributed by atoms with van der Waals surface area (Å²) in [5, 5.41) is 3.03. The van der Waals surface area contributed by atoms with Crippen LogP contribution in [0.1, 0.15) is 86.7 Å². The van der Waals surface area contributed by atoms with Crippen molar-refractivity contribution in [2.45, 2.75) is 86.9 Å². The van der Waals surface area contributed by atoms with Crippen LogP contribution in [0, 0.1) is 29.1 Å². The summed E-state index contributed by atoms with van der Waals surface area (Å²) in [7, 11) is 0. The van der Waals surface area contributed by atoms with Crippen LogP contribution >= 0.6 is 0 Å². The molecule has 60 heavy (non-hydrogen) atoms. The van der Waals surface area contributed by atoms with Crippen molar-refractivity contribution in [2.24, 2.45) is 29.1 Å². The Bertz CT molecular complexity index is 3200. The zero-order valence-corrected chi connectivity index (χ0v) is 33.0. The van der Waals surface area contributed by atoms with Gasteiger partial charge in [-0.3, -0.25) is 9.97 Å². The van der Waals surface area contributed by atoms with Gasteiger partial charge in [-0.25, -0.2) is 17.6 Å². The fraction of sp³-hybridized carbons (Fsp3) is 0.358. The molecule has 7 atom stereocenters. The Morgan fingerprint density at radius 1 is 0.467 bits per heavy atom. The van der Waals surface area contributed by atoms with Gasteiger partial charge in [0, 0.05) is 43.8 Å². The van der Waals surface area contributed by atoms with Crippen LogP contribution in [0.15, 0.2) is 103 Å². The van der Waals surface area contributed by atoms with Gasteiger partial charge in [-0.05, 0) is 116 Å². The SMILES string of the molecule is FC12CC3CC(C1)CC(F)(C3)c1c2ncc2c1c1c(-c3ccccc3)c(-c3ccccc3)c(-c3ccccc3)c3c4c5c(ncc4n2c13)C1(F)CC2CC3CC5(F)CC23C1. The molecule has 0 saturated heterocycles. The third-order valence-electron chi connectivity index (χ3n) is 17.4. The van der Waals surface area contributed by atoms with Crippen LogP contribution in [-0.2, 0) is 22.7 Å². The normalized spacial score (nSPS) is 35.3. The third kappa shape index (κ3) is 3.72. The Morgan fingerprint density at radius 3 is 1.47 bits per heavy atom. The van der Waals surface area contributed by atoms with Crippen LogP contribution in [-0.4, -0.2) is 14.4 Å². The average molecular weight is 796 g/mol. The van der Waals surface area contributed by atoms with Crippen molar-refractivity contribution in [3.05, 3.63) is 126 Å². The third-order valence-corrected chi connectivity index (χ3v) is 17.4. The Labute approximate surface area is 344 Å². The van der Waals surface area contributed by atoms with Crippen LogP contribution < -0.4 is 0 Å². The van der Waals surface area contributed by atoms with Gasteiger partial charge in [0.1, 0.15) is 11.3 Å². The maximum Gasteiger partial charge on any atom is 0.153 e. The second-order valence-electron chi connectivity index (χ2n) is 20.4. The lowest BCUT2D eigenvalue weighted by atomic mass is 9.56. The number of pyridine rings is 2. The standard InChI is InChI=1S/C53H41F4N3/c54-50-18-28-16-29(19-50)21-51(55,20-28)47-44(50)40-35(24-58-47)60-36-25-59-48-45(52(56)22-33-17-34-23-53(48,57)27-49(33,34)26-52)41(36)43-39(32-14-8-3-9-15-32)37(30-10-4-1-5-11-30)38(42(40)46(43)60)31-12-6-2-7-13-31/h1-15,24-25,28-29,33-34H,16-23,26-27H2. The lowest BCUT2D eigenvalue weighted by Crippen LogP contribution is -2.41. The molecule has 4 heterocycles. The molecule has 0 radical (unpaired) electrons. The zero-order chi connectivity index (χ0) is 39.7. The van der Waals surface area contributed by atoms with Crippen LogP contribution in [0.5, 0.6) is 0 Å². The molecule has 0 N–H and O–H groups in total. The van der Waals surface area contributed by atoms with Gasteiger partial charge in [-0.2, -0.15) is 0 Å². The fourth-order valence-electron chi connectivity index (χ4n) is 15.8. The average Bonchev–Trinajstić information content (AvgIpc) is 3.87. The highest BCUT2D eigenvalue weighted by Gasteiger charge is 2.75. The number of rotatable bonds is 3. The number of benzene rings is 4. The van der Waals surface area contributed by atoms with E-state index in [9.17, 15) is 0 Å². The molecule has 7 bridgehead atoms. The molecule has 5 saturated carbocycles. The van der Waals surface area contributed by atoms with Gasteiger partial charge in [-0.15, -0.1) is 0 Å². The molecule has 7 unspecified atom stereocenters. The first-order valence-electron chi connectivity index (χ1n) is 22.1. The smallest absolute Gasteiger partial charge is 0.153 e. The molecular weight excluding hydrogens is 755 g/mol. The molecule has 296 valence electrons. The van der Waals surface area contributed by atoms with Crippen molar-refractivity contribution in [3.8, 4) is 33.4 Å². The second kappa shape index (κ2) is 10.4. The first kappa shape index (κ1) is 33.4. The molecule has 4 aromatic heterocycles. The monoisotopic (exact) mass is 795 g/mol. The van der Waals surface area contributed by atoms with Gasteiger partial charge in [0.25, 0.3) is 0 Å². The number of aromatic nitrogens is 3. The number of hydrogen-bond acceptors (Lipinski definition) is 2. The van der Waals surface area contributed by atoms with Crippen LogP contribution in [0.2, 0.25) is 0 Å². The maximum absolute atomic E-state index is 18.7. The number of fused-ring (bicyclic) bond motifs is 12. The van der Waals surface area contributed by atoms with E-state index < -0.39 is 22.7 Å². The molecule has 0 amide bonds. The first-order valence-corrected chi connectivity index (χ1v) is 22.1. The van der Waals surface area contributed by atoms with Crippen molar-refractivity contribution in [1.82, 2.24) is 14.4 Å². The molecule has 5 fully saturated rings. The van der Waals surface area contributed by atoms with Crippen molar-refractivity contribution in [1.29, 1.82) is 0 Å². The summed E-state index contributed by atoms with van der Waals surface area (Å²) in [5.41, 5.74) is 1.78. The molecule has 0 aliphatic heterocycles. The van der Waals surface area contributed by atoms with Gasteiger partial charge < -0.3 is 4.40 Å². The quantitative estimate of drug-likeness (QED) is 0.167. The second-order valence-corrected chi connectivity index (χ2v) is 20.4. The van der Waals surface area contributed by atoms with E-state index in [1.807, 2.05) is 54.6 Å². The molecule has 16 rings (SSSR count). The van der Waals surface area contributed by atoms with E-state index in [1.165, 1.54) is 0 Å². The van der Waals surface area contributed by atoms with E-state index >= 15 is 17.6 Å². The molecular formula is C53H41F4N3. The van der Waals surface area contributed by atoms with E-state index in [1.54, 1.807) is 12.4 Å². The molecule has 3 nitrogen and oxygen atoms in total. The summed E-state index contributed by atoms with van der Waals surface area (Å²) < 4.78 is 75.2. The Hall–Kier alpha value is -5.30. The van der Waals surface area contributed by atoms with Crippen molar-refractivity contribution < 1.29 is 17.6 Å². The minimum atomic E-state index is -1.77. The zero-order valence-electron chi connectivity index (χ0n) is 33.0. The lowest BCUT2D eigenvalue weighted by molar-refractivity contribution is -0.0310. The summed E-state index contributed by atoms with van der Waals surface area (Å²) in [4.78, 5) is 10.0. The van der Waals surface area contributed by atoms with Crippen molar-refractivity contribution >= 4 is 38.1 Å².